The molecule has 3 aromatic heterocycles. The number of amides is 1. The zero-order chi connectivity index (χ0) is 26.5. The first kappa shape index (κ1) is 16.9. The highest BCUT2D eigenvalue weighted by Gasteiger charge is 2.20. The molecule has 0 aliphatic heterocycles. The topological polar surface area (TPSA) is 112 Å². The van der Waals surface area contributed by atoms with Crippen molar-refractivity contribution in [3.8, 4) is 11.1 Å². The minimum atomic E-state index is -2.61. The minimum Gasteiger partial charge on any atom is -0.383 e. The highest BCUT2D eigenvalue weighted by Crippen LogP contribution is 2.34. The fraction of sp³-hybridized carbons (Fsp3) is 0.333. The fourth-order valence-electron chi connectivity index (χ4n) is 3.42. The lowest BCUT2D eigenvalue weighted by Gasteiger charge is -2.12. The molecule has 1 aromatic carbocycles. The third-order valence-electron chi connectivity index (χ3n) is 5.14. The SMILES string of the molecule is [2H]C([2H])([2H])C([2H])(C)n1cc(-c2ccc(CC(=O)Nc3cc(C(C)(C)C)no3)cc2)c2c(N)ncnc21. The van der Waals surface area contributed by atoms with E-state index < -0.39 is 12.9 Å². The van der Waals surface area contributed by atoms with Crippen LogP contribution in [0.25, 0.3) is 22.2 Å². The highest BCUT2D eigenvalue weighted by atomic mass is 16.5. The van der Waals surface area contributed by atoms with Gasteiger partial charge in [-0.25, -0.2) is 9.97 Å². The van der Waals surface area contributed by atoms with Gasteiger partial charge in [-0.15, -0.1) is 0 Å². The largest absolute Gasteiger partial charge is 0.383 e. The van der Waals surface area contributed by atoms with Gasteiger partial charge in [0.05, 0.1) is 18.9 Å². The molecule has 0 aliphatic carbocycles. The van der Waals surface area contributed by atoms with Crippen LogP contribution in [0, 0.1) is 0 Å². The van der Waals surface area contributed by atoms with Gasteiger partial charge >= 0.3 is 0 Å². The molecule has 0 saturated heterocycles. The number of anilines is 2. The Labute approximate surface area is 192 Å². The Kier molecular flexibility index (Phi) is 4.29. The molecule has 1 atom stereocenters. The molecule has 0 bridgehead atoms. The van der Waals surface area contributed by atoms with E-state index in [4.69, 9.17) is 15.7 Å². The van der Waals surface area contributed by atoms with Crippen LogP contribution in [0.1, 0.15) is 57.3 Å². The number of carbonyl (C=O) groups is 1. The molecule has 8 heteroatoms. The zero-order valence-corrected chi connectivity index (χ0v) is 18.4. The van der Waals surface area contributed by atoms with Gasteiger partial charge in [0.1, 0.15) is 17.8 Å². The van der Waals surface area contributed by atoms with Gasteiger partial charge in [0.2, 0.25) is 11.8 Å². The molecule has 0 saturated carbocycles. The van der Waals surface area contributed by atoms with Gasteiger partial charge in [-0.3, -0.25) is 10.1 Å². The number of hydrogen-bond acceptors (Lipinski definition) is 6. The molecular formula is C24H28N6O2. The Morgan fingerprint density at radius 1 is 1.31 bits per heavy atom. The van der Waals surface area contributed by atoms with Crippen molar-refractivity contribution in [2.75, 3.05) is 11.1 Å². The van der Waals surface area contributed by atoms with E-state index >= 15 is 0 Å². The summed E-state index contributed by atoms with van der Waals surface area (Å²) in [5.74, 6) is 0.217. The molecule has 32 heavy (non-hydrogen) atoms. The van der Waals surface area contributed by atoms with E-state index in [-0.39, 0.29) is 35.1 Å². The van der Waals surface area contributed by atoms with Gasteiger partial charge in [-0.1, -0.05) is 50.2 Å². The van der Waals surface area contributed by atoms with Crippen molar-refractivity contribution in [2.45, 2.75) is 52.4 Å². The molecule has 1 amide bonds. The molecular weight excluding hydrogens is 404 g/mol. The van der Waals surface area contributed by atoms with E-state index in [1.165, 1.54) is 17.8 Å². The average molecular weight is 437 g/mol. The summed E-state index contributed by atoms with van der Waals surface area (Å²) < 4.78 is 38.5. The van der Waals surface area contributed by atoms with E-state index in [1.54, 1.807) is 36.5 Å². The van der Waals surface area contributed by atoms with E-state index in [1.807, 2.05) is 20.8 Å². The standard InChI is InChI=1S/C24H28N6O2/c1-14(2)30-12-17(21-22(25)26-13-27-23(21)30)16-8-6-15(7-9-16)10-19(31)28-20-11-18(29-32-20)24(3,4)5/h6-9,11-14H,10H2,1-5H3,(H,28,31)(H2,25,26,27)/i1D3,14D. The number of hydrogen-bond donors (Lipinski definition) is 2. The summed E-state index contributed by atoms with van der Waals surface area (Å²) in [5, 5.41) is 7.18. The highest BCUT2D eigenvalue weighted by molar-refractivity contribution is 6.00. The Hall–Kier alpha value is -3.68. The quantitative estimate of drug-likeness (QED) is 0.468. The van der Waals surface area contributed by atoms with Gasteiger partial charge in [0.25, 0.3) is 0 Å². The van der Waals surface area contributed by atoms with E-state index in [2.05, 4.69) is 20.4 Å². The van der Waals surface area contributed by atoms with Crippen LogP contribution in [0.15, 0.2) is 47.4 Å². The van der Waals surface area contributed by atoms with Gasteiger partial charge in [0, 0.05) is 33.4 Å². The Bertz CT molecular complexity index is 1420. The van der Waals surface area contributed by atoms with Crippen molar-refractivity contribution in [3.05, 3.63) is 54.1 Å². The van der Waals surface area contributed by atoms with Crippen molar-refractivity contribution in [1.82, 2.24) is 19.7 Å². The normalized spacial score (nSPS) is 16.0. The molecule has 3 heterocycles. The molecule has 4 rings (SSSR count). The third-order valence-corrected chi connectivity index (χ3v) is 5.14. The van der Waals surface area contributed by atoms with E-state index in [9.17, 15) is 4.79 Å². The summed E-state index contributed by atoms with van der Waals surface area (Å²) in [6.45, 7) is 4.71. The van der Waals surface area contributed by atoms with Crippen LogP contribution in [0.5, 0.6) is 0 Å². The van der Waals surface area contributed by atoms with Crippen LogP contribution in [0.2, 0.25) is 0 Å². The molecule has 0 fully saturated rings. The maximum absolute atomic E-state index is 12.5. The van der Waals surface area contributed by atoms with Crippen molar-refractivity contribution in [3.63, 3.8) is 0 Å². The van der Waals surface area contributed by atoms with Gasteiger partial charge < -0.3 is 14.8 Å². The number of aromatic nitrogens is 4. The first-order valence-corrected chi connectivity index (χ1v) is 10.2. The number of nitrogens with zero attached hydrogens (tertiary/aromatic N) is 4. The van der Waals surface area contributed by atoms with Crippen LogP contribution in [0.4, 0.5) is 11.7 Å². The van der Waals surface area contributed by atoms with Gasteiger partial charge in [-0.05, 0) is 24.9 Å². The number of rotatable bonds is 5. The number of nitrogens with one attached hydrogen (secondary N) is 1. The summed E-state index contributed by atoms with van der Waals surface area (Å²) in [7, 11) is 0. The van der Waals surface area contributed by atoms with Crippen LogP contribution in [-0.2, 0) is 16.6 Å². The average Bonchev–Trinajstić information content (AvgIpc) is 3.39. The maximum atomic E-state index is 12.5. The second-order valence-electron chi connectivity index (χ2n) is 8.70. The van der Waals surface area contributed by atoms with Crippen molar-refractivity contribution in [2.24, 2.45) is 0 Å². The lowest BCUT2D eigenvalue weighted by Crippen LogP contribution is -2.14. The number of carbonyl (C=O) groups excluding carboxylic acids is 1. The Morgan fingerprint density at radius 3 is 2.72 bits per heavy atom. The first-order valence-electron chi connectivity index (χ1n) is 12.2. The lowest BCUT2D eigenvalue weighted by atomic mass is 9.92. The van der Waals surface area contributed by atoms with Crippen molar-refractivity contribution in [1.29, 1.82) is 0 Å². The summed E-state index contributed by atoms with van der Waals surface area (Å²) >= 11 is 0. The molecule has 1 unspecified atom stereocenters. The minimum absolute atomic E-state index is 0.114. The summed E-state index contributed by atoms with van der Waals surface area (Å²) in [6, 6.07) is 6.93. The van der Waals surface area contributed by atoms with E-state index in [0.717, 1.165) is 16.8 Å². The maximum Gasteiger partial charge on any atom is 0.231 e. The number of nitrogens with two attached hydrogens (primary N) is 1. The van der Waals surface area contributed by atoms with Gasteiger partial charge in [-0.2, -0.15) is 0 Å². The molecule has 166 valence electrons. The predicted octanol–water partition coefficient (Wildman–Crippen LogP) is 4.73. The second-order valence-corrected chi connectivity index (χ2v) is 8.70. The first-order chi connectivity index (χ1) is 16.7. The second kappa shape index (κ2) is 8.11. The molecule has 4 aromatic rings. The van der Waals surface area contributed by atoms with Crippen LogP contribution >= 0.6 is 0 Å². The molecule has 0 spiro atoms. The number of nitrogen functional groups attached to an aromatic ring is 1. The smallest absolute Gasteiger partial charge is 0.231 e. The Balaban J connectivity index is 1.60. The van der Waals surface area contributed by atoms with Crippen LogP contribution in [0.3, 0.4) is 0 Å². The Morgan fingerprint density at radius 2 is 2.06 bits per heavy atom. The summed E-state index contributed by atoms with van der Waals surface area (Å²) in [4.78, 5) is 20.8. The van der Waals surface area contributed by atoms with Crippen molar-refractivity contribution < 1.29 is 14.8 Å². The molecule has 8 nitrogen and oxygen atoms in total. The predicted molar refractivity (Wildman–Crippen MR) is 125 cm³/mol. The summed E-state index contributed by atoms with van der Waals surface area (Å²) in [6.07, 6.45) is 2.92. The third kappa shape index (κ3) is 4.21. The van der Waals surface area contributed by atoms with Crippen molar-refractivity contribution >= 4 is 28.6 Å². The molecule has 3 N–H and O–H groups in total. The number of fused-ring (bicyclic) bond motifs is 1. The monoisotopic (exact) mass is 436 g/mol. The van der Waals surface area contributed by atoms with Crippen LogP contribution in [-0.4, -0.2) is 25.6 Å². The lowest BCUT2D eigenvalue weighted by molar-refractivity contribution is -0.115. The van der Waals surface area contributed by atoms with Gasteiger partial charge in [0.15, 0.2) is 0 Å². The van der Waals surface area contributed by atoms with Crippen LogP contribution < -0.4 is 11.1 Å². The molecule has 0 radical (unpaired) electrons. The van der Waals surface area contributed by atoms with E-state index in [0.29, 0.717) is 10.9 Å². The molecule has 0 aliphatic rings. The summed E-state index contributed by atoms with van der Waals surface area (Å²) in [5.41, 5.74) is 9.00. The number of benzene rings is 1. The fourth-order valence-corrected chi connectivity index (χ4v) is 3.42. The zero-order valence-electron chi connectivity index (χ0n) is 22.4.